The van der Waals surface area contributed by atoms with Crippen LogP contribution in [0, 0.1) is 5.92 Å². The van der Waals surface area contributed by atoms with Gasteiger partial charge in [0.25, 0.3) is 5.91 Å². The molecule has 0 bridgehead atoms. The molecular formula is C10H15F4NO. The first-order valence-electron chi connectivity index (χ1n) is 5.23. The molecule has 0 N–H and O–H groups in total. The molecule has 0 aromatic heterocycles. The van der Waals surface area contributed by atoms with Gasteiger partial charge in [-0.25, -0.2) is 8.78 Å². The number of hydrogen-bond donors (Lipinski definition) is 0. The average molecular weight is 241 g/mol. The fourth-order valence-corrected chi connectivity index (χ4v) is 1.39. The highest BCUT2D eigenvalue weighted by atomic mass is 19.3. The molecule has 16 heavy (non-hydrogen) atoms. The number of carbonyl (C=O) groups is 1. The fraction of sp³-hybridized carbons (Fsp3) is 0.900. The van der Waals surface area contributed by atoms with Crippen LogP contribution in [0.2, 0.25) is 0 Å². The molecule has 0 spiro atoms. The molecule has 1 saturated carbocycles. The van der Waals surface area contributed by atoms with Gasteiger partial charge in [-0.3, -0.25) is 4.79 Å². The van der Waals surface area contributed by atoms with E-state index < -0.39 is 24.3 Å². The summed E-state index contributed by atoms with van der Waals surface area (Å²) in [5, 5.41) is 0. The standard InChI is InChI=1S/C10H15F4NO/c1-6(2)15(5-7-3-4-7)9(16)10(13,14)8(11)12/h6-8H,3-5H2,1-2H3. The van der Waals surface area contributed by atoms with E-state index in [2.05, 4.69) is 0 Å². The Hall–Kier alpha value is -0.810. The van der Waals surface area contributed by atoms with Crippen molar-refractivity contribution >= 4 is 5.91 Å². The number of hydrogen-bond acceptors (Lipinski definition) is 1. The lowest BCUT2D eigenvalue weighted by Gasteiger charge is -2.30. The Kier molecular flexibility index (Phi) is 3.80. The molecule has 0 heterocycles. The topological polar surface area (TPSA) is 20.3 Å². The van der Waals surface area contributed by atoms with Crippen molar-refractivity contribution in [2.45, 2.75) is 45.1 Å². The van der Waals surface area contributed by atoms with Gasteiger partial charge >= 0.3 is 12.3 Å². The predicted molar refractivity (Wildman–Crippen MR) is 50.5 cm³/mol. The van der Waals surface area contributed by atoms with E-state index in [-0.39, 0.29) is 12.5 Å². The fourth-order valence-electron chi connectivity index (χ4n) is 1.39. The predicted octanol–water partition coefficient (Wildman–Crippen LogP) is 2.53. The van der Waals surface area contributed by atoms with E-state index in [9.17, 15) is 22.4 Å². The Bertz CT molecular complexity index is 264. The minimum atomic E-state index is -4.57. The van der Waals surface area contributed by atoms with Crippen LogP contribution in [0.5, 0.6) is 0 Å². The molecule has 0 radical (unpaired) electrons. The van der Waals surface area contributed by atoms with Gasteiger partial charge in [-0.05, 0) is 32.6 Å². The van der Waals surface area contributed by atoms with Gasteiger partial charge in [0.1, 0.15) is 0 Å². The highest BCUT2D eigenvalue weighted by Gasteiger charge is 2.52. The van der Waals surface area contributed by atoms with E-state index >= 15 is 0 Å². The molecule has 0 aliphatic heterocycles. The largest absolute Gasteiger partial charge is 0.383 e. The number of alkyl halides is 4. The molecule has 2 nitrogen and oxygen atoms in total. The quantitative estimate of drug-likeness (QED) is 0.677. The Balaban J connectivity index is 2.72. The molecule has 1 amide bonds. The lowest BCUT2D eigenvalue weighted by Crippen LogP contribution is -2.51. The molecule has 1 aliphatic rings. The van der Waals surface area contributed by atoms with Crippen LogP contribution in [-0.2, 0) is 4.79 Å². The lowest BCUT2D eigenvalue weighted by atomic mass is 10.2. The minimum Gasteiger partial charge on any atom is -0.335 e. The summed E-state index contributed by atoms with van der Waals surface area (Å²) in [6.45, 7) is 3.24. The number of rotatable bonds is 5. The smallest absolute Gasteiger partial charge is 0.335 e. The van der Waals surface area contributed by atoms with Crippen LogP contribution in [-0.4, -0.2) is 35.7 Å². The van der Waals surface area contributed by atoms with E-state index in [1.165, 1.54) is 0 Å². The second-order valence-corrected chi connectivity index (χ2v) is 4.42. The van der Waals surface area contributed by atoms with Crippen molar-refractivity contribution in [3.05, 3.63) is 0 Å². The van der Waals surface area contributed by atoms with Crippen molar-refractivity contribution in [3.63, 3.8) is 0 Å². The Morgan fingerprint density at radius 1 is 1.38 bits per heavy atom. The summed E-state index contributed by atoms with van der Waals surface area (Å²) < 4.78 is 49.8. The summed E-state index contributed by atoms with van der Waals surface area (Å²) in [5.41, 5.74) is 0. The molecule has 1 rings (SSSR count). The second kappa shape index (κ2) is 4.59. The van der Waals surface area contributed by atoms with Gasteiger partial charge in [0.2, 0.25) is 0 Å². The molecule has 0 unspecified atom stereocenters. The highest BCUT2D eigenvalue weighted by Crippen LogP contribution is 2.33. The number of halogens is 4. The van der Waals surface area contributed by atoms with Crippen LogP contribution >= 0.6 is 0 Å². The van der Waals surface area contributed by atoms with Crippen molar-refractivity contribution in [1.82, 2.24) is 4.90 Å². The first-order chi connectivity index (χ1) is 7.26. The molecule has 1 aliphatic carbocycles. The number of amides is 1. The minimum absolute atomic E-state index is 0.152. The van der Waals surface area contributed by atoms with Crippen molar-refractivity contribution in [1.29, 1.82) is 0 Å². The molecule has 1 fully saturated rings. The highest BCUT2D eigenvalue weighted by molar-refractivity contribution is 5.84. The molecule has 0 saturated heterocycles. The van der Waals surface area contributed by atoms with Crippen LogP contribution < -0.4 is 0 Å². The van der Waals surface area contributed by atoms with Gasteiger partial charge in [-0.2, -0.15) is 8.78 Å². The summed E-state index contributed by atoms with van der Waals surface area (Å²) in [7, 11) is 0. The normalized spacial score (nSPS) is 17.0. The van der Waals surface area contributed by atoms with Gasteiger partial charge < -0.3 is 4.90 Å². The van der Waals surface area contributed by atoms with Crippen LogP contribution in [0.25, 0.3) is 0 Å². The molecule has 0 atom stereocenters. The van der Waals surface area contributed by atoms with Crippen LogP contribution in [0.4, 0.5) is 17.6 Å². The summed E-state index contributed by atoms with van der Waals surface area (Å²) in [4.78, 5) is 12.2. The van der Waals surface area contributed by atoms with E-state index in [0.29, 0.717) is 0 Å². The molecular weight excluding hydrogens is 226 g/mol. The summed E-state index contributed by atoms with van der Waals surface area (Å²) >= 11 is 0. The van der Waals surface area contributed by atoms with Crippen molar-refractivity contribution < 1.29 is 22.4 Å². The van der Waals surface area contributed by atoms with Gasteiger partial charge in [-0.1, -0.05) is 0 Å². The molecule has 0 aromatic rings. The zero-order valence-electron chi connectivity index (χ0n) is 9.22. The van der Waals surface area contributed by atoms with Gasteiger partial charge in [0, 0.05) is 12.6 Å². The van der Waals surface area contributed by atoms with Gasteiger partial charge in [0.15, 0.2) is 0 Å². The number of nitrogens with zero attached hydrogens (tertiary/aromatic N) is 1. The zero-order valence-corrected chi connectivity index (χ0v) is 9.22. The first kappa shape index (κ1) is 13.3. The van der Waals surface area contributed by atoms with Crippen molar-refractivity contribution in [3.8, 4) is 0 Å². The average Bonchev–Trinajstić information content (AvgIpc) is 2.95. The third-order valence-electron chi connectivity index (χ3n) is 2.60. The maximum absolute atomic E-state index is 12.9. The van der Waals surface area contributed by atoms with Gasteiger partial charge in [-0.15, -0.1) is 0 Å². The third kappa shape index (κ3) is 2.86. The monoisotopic (exact) mass is 241 g/mol. The van der Waals surface area contributed by atoms with E-state index in [4.69, 9.17) is 0 Å². The summed E-state index contributed by atoms with van der Waals surface area (Å²) in [6.07, 6.45) is -2.20. The maximum atomic E-state index is 12.9. The summed E-state index contributed by atoms with van der Waals surface area (Å²) in [5.74, 6) is -6.14. The van der Waals surface area contributed by atoms with Crippen LogP contribution in [0.1, 0.15) is 26.7 Å². The molecule has 0 aromatic carbocycles. The third-order valence-corrected chi connectivity index (χ3v) is 2.60. The first-order valence-corrected chi connectivity index (χ1v) is 5.23. The van der Waals surface area contributed by atoms with E-state index in [1.54, 1.807) is 13.8 Å². The maximum Gasteiger partial charge on any atom is 0.383 e. The number of carbonyl (C=O) groups excluding carboxylic acids is 1. The molecule has 6 heteroatoms. The summed E-state index contributed by atoms with van der Waals surface area (Å²) in [6, 6.07) is -0.488. The van der Waals surface area contributed by atoms with E-state index in [0.717, 1.165) is 17.7 Å². The Morgan fingerprint density at radius 2 is 1.88 bits per heavy atom. The Morgan fingerprint density at radius 3 is 2.19 bits per heavy atom. The molecule has 94 valence electrons. The second-order valence-electron chi connectivity index (χ2n) is 4.42. The Labute approximate surface area is 91.6 Å². The van der Waals surface area contributed by atoms with E-state index in [1.807, 2.05) is 0 Å². The lowest BCUT2D eigenvalue weighted by molar-refractivity contribution is -0.182. The SMILES string of the molecule is CC(C)N(CC1CC1)C(=O)C(F)(F)C(F)F. The van der Waals surface area contributed by atoms with Crippen LogP contribution in [0.15, 0.2) is 0 Å². The van der Waals surface area contributed by atoms with Crippen molar-refractivity contribution in [2.24, 2.45) is 5.92 Å². The zero-order chi connectivity index (χ0) is 12.5. The van der Waals surface area contributed by atoms with Crippen molar-refractivity contribution in [2.75, 3.05) is 6.54 Å². The van der Waals surface area contributed by atoms with Crippen LogP contribution in [0.3, 0.4) is 0 Å². The van der Waals surface area contributed by atoms with Gasteiger partial charge in [0.05, 0.1) is 0 Å².